The fourth-order valence-corrected chi connectivity index (χ4v) is 4.65. The number of aromatic nitrogens is 2. The Morgan fingerprint density at radius 2 is 1.92 bits per heavy atom. The van der Waals surface area contributed by atoms with Gasteiger partial charge in [0.05, 0.1) is 28.7 Å². The average molecular weight is 642 g/mol. The molecule has 0 unspecified atom stereocenters. The van der Waals surface area contributed by atoms with Crippen molar-refractivity contribution < 1.29 is 14.3 Å². The van der Waals surface area contributed by atoms with Crippen molar-refractivity contribution >= 4 is 60.6 Å². The topological polar surface area (TPSA) is 94.8 Å². The second-order valence-corrected chi connectivity index (χ2v) is 10.3. The Morgan fingerprint density at radius 1 is 1.16 bits per heavy atom. The van der Waals surface area contributed by atoms with Crippen molar-refractivity contribution in [2.75, 3.05) is 19.0 Å². The quantitative estimate of drug-likeness (QED) is 0.215. The van der Waals surface area contributed by atoms with Gasteiger partial charge in [-0.25, -0.2) is 4.98 Å². The number of nitrogens with zero attached hydrogens (tertiary/aromatic N) is 3. The van der Waals surface area contributed by atoms with Gasteiger partial charge in [0.2, 0.25) is 0 Å². The summed E-state index contributed by atoms with van der Waals surface area (Å²) in [6.45, 7) is 3.85. The number of rotatable bonds is 9. The van der Waals surface area contributed by atoms with E-state index in [9.17, 15) is 9.59 Å². The second kappa shape index (κ2) is 12.4. The lowest BCUT2D eigenvalue weighted by molar-refractivity contribution is -0.118. The average Bonchev–Trinajstić information content (AvgIpc) is 2.91. The van der Waals surface area contributed by atoms with Crippen molar-refractivity contribution in [3.63, 3.8) is 0 Å². The van der Waals surface area contributed by atoms with E-state index in [2.05, 4.69) is 42.3 Å². The number of ether oxygens (including phenoxy) is 2. The van der Waals surface area contributed by atoms with Crippen molar-refractivity contribution in [2.45, 2.75) is 26.2 Å². The summed E-state index contributed by atoms with van der Waals surface area (Å²) in [7, 11) is 1.51. The Labute approximate surface area is 236 Å². The molecule has 0 fully saturated rings. The normalized spacial score (nSPS) is 12.0. The van der Waals surface area contributed by atoms with Gasteiger partial charge in [0.15, 0.2) is 18.1 Å². The number of carbonyl (C=O) groups excluding carboxylic acids is 1. The van der Waals surface area contributed by atoms with Crippen LogP contribution in [0.25, 0.3) is 10.9 Å². The number of nitrogens with one attached hydrogen (secondary N) is 1. The van der Waals surface area contributed by atoms with E-state index in [0.717, 1.165) is 10.9 Å². The predicted octanol–water partition coefficient (Wildman–Crippen LogP) is 6.34. The first-order valence-electron chi connectivity index (χ1n) is 11.9. The minimum absolute atomic E-state index is 0.0203. The summed E-state index contributed by atoms with van der Waals surface area (Å²) in [5, 5.41) is 7.76. The monoisotopic (exact) mass is 640 g/mol. The molecule has 0 spiro atoms. The highest BCUT2D eigenvalue weighted by Crippen LogP contribution is 2.36. The lowest BCUT2D eigenvalue weighted by atomic mass is 10.1. The molecule has 1 heterocycles. The van der Waals surface area contributed by atoms with Crippen molar-refractivity contribution in [2.24, 2.45) is 5.10 Å². The van der Waals surface area contributed by atoms with Crippen LogP contribution in [0.2, 0.25) is 0 Å². The Kier molecular flexibility index (Phi) is 8.96. The largest absolute Gasteiger partial charge is 0.493 e. The highest BCUT2D eigenvalue weighted by atomic mass is 79.9. The molecule has 4 aromatic rings. The van der Waals surface area contributed by atoms with Gasteiger partial charge in [0, 0.05) is 16.1 Å². The van der Waals surface area contributed by atoms with Gasteiger partial charge in [-0.05, 0) is 70.4 Å². The van der Waals surface area contributed by atoms with Crippen LogP contribution in [-0.4, -0.2) is 35.5 Å². The molecule has 0 aliphatic carbocycles. The van der Waals surface area contributed by atoms with Crippen molar-refractivity contribution in [3.8, 4) is 11.5 Å². The molecule has 0 saturated carbocycles. The van der Waals surface area contributed by atoms with Crippen LogP contribution < -0.4 is 20.3 Å². The van der Waals surface area contributed by atoms with E-state index in [-0.39, 0.29) is 24.0 Å². The predicted molar refractivity (Wildman–Crippen MR) is 157 cm³/mol. The highest BCUT2D eigenvalue weighted by molar-refractivity contribution is 9.10. The molecule has 3 aromatic carbocycles. The molecule has 1 aromatic heterocycles. The van der Waals surface area contributed by atoms with Gasteiger partial charge in [-0.1, -0.05) is 48.0 Å². The van der Waals surface area contributed by atoms with E-state index in [1.807, 2.05) is 44.2 Å². The Bertz CT molecular complexity index is 1550. The SMILES string of the molecule is CC[C@H](C)c1nc2ccc(Br)cc2c(=O)n1N=Cc1cc(Br)c(OCC(=O)Nc2ccccc2)c(OC)c1. The van der Waals surface area contributed by atoms with Crippen LogP contribution in [0.15, 0.2) is 79.5 Å². The number of para-hydroxylation sites is 1. The summed E-state index contributed by atoms with van der Waals surface area (Å²) >= 11 is 6.93. The third kappa shape index (κ3) is 6.31. The first-order chi connectivity index (χ1) is 18.3. The Balaban J connectivity index is 1.62. The molecule has 1 N–H and O–H groups in total. The summed E-state index contributed by atoms with van der Waals surface area (Å²) < 4.78 is 14.0. The van der Waals surface area contributed by atoms with Gasteiger partial charge in [-0.15, -0.1) is 0 Å². The number of benzene rings is 3. The lowest BCUT2D eigenvalue weighted by Gasteiger charge is -2.15. The molecule has 0 radical (unpaired) electrons. The van der Waals surface area contributed by atoms with Crippen LogP contribution in [0.1, 0.15) is 37.6 Å². The molecule has 196 valence electrons. The summed E-state index contributed by atoms with van der Waals surface area (Å²) in [6, 6.07) is 18.1. The van der Waals surface area contributed by atoms with Crippen LogP contribution in [0.3, 0.4) is 0 Å². The third-order valence-electron chi connectivity index (χ3n) is 5.87. The highest BCUT2D eigenvalue weighted by Gasteiger charge is 2.17. The number of carbonyl (C=O) groups is 1. The zero-order valence-electron chi connectivity index (χ0n) is 21.1. The van der Waals surface area contributed by atoms with Gasteiger partial charge in [0.25, 0.3) is 11.5 Å². The van der Waals surface area contributed by atoms with E-state index in [4.69, 9.17) is 14.5 Å². The standard InChI is InChI=1S/C28H26Br2N4O4/c1-4-17(2)27-33-23-11-10-19(29)14-21(23)28(36)34(27)31-15-18-12-22(30)26(24(13-18)37-3)38-16-25(35)32-20-8-6-5-7-9-20/h5-15,17H,4,16H2,1-3H3,(H,32,35)/t17-/m0/s1. The van der Waals surface area contributed by atoms with Crippen LogP contribution in [0, 0.1) is 0 Å². The Morgan fingerprint density at radius 3 is 2.63 bits per heavy atom. The number of methoxy groups -OCH3 is 1. The number of amides is 1. The lowest BCUT2D eigenvalue weighted by Crippen LogP contribution is -2.23. The number of hydrogen-bond acceptors (Lipinski definition) is 6. The minimum atomic E-state index is -0.303. The van der Waals surface area contributed by atoms with E-state index in [1.54, 1.807) is 36.5 Å². The first kappa shape index (κ1) is 27.5. The van der Waals surface area contributed by atoms with Crippen molar-refractivity contribution in [1.29, 1.82) is 0 Å². The molecule has 0 aliphatic heterocycles. The molecule has 4 rings (SSSR count). The fraction of sp³-hybridized carbons (Fsp3) is 0.214. The van der Waals surface area contributed by atoms with E-state index in [1.165, 1.54) is 11.8 Å². The molecule has 1 atom stereocenters. The number of halogens is 2. The zero-order chi connectivity index (χ0) is 27.2. The van der Waals surface area contributed by atoms with Crippen molar-refractivity contribution in [1.82, 2.24) is 9.66 Å². The summed E-state index contributed by atoms with van der Waals surface area (Å²) in [5.74, 6) is 1.08. The van der Waals surface area contributed by atoms with Gasteiger partial charge in [0.1, 0.15) is 5.82 Å². The molecule has 0 saturated heterocycles. The first-order valence-corrected chi connectivity index (χ1v) is 13.5. The maximum Gasteiger partial charge on any atom is 0.282 e. The third-order valence-corrected chi connectivity index (χ3v) is 6.95. The Hall–Kier alpha value is -3.50. The van der Waals surface area contributed by atoms with Crippen molar-refractivity contribution in [3.05, 3.63) is 91.4 Å². The van der Waals surface area contributed by atoms with Gasteiger partial charge in [-0.2, -0.15) is 9.78 Å². The molecular weight excluding hydrogens is 616 g/mol. The summed E-state index contributed by atoms with van der Waals surface area (Å²) in [5.41, 5.74) is 1.72. The molecule has 10 heteroatoms. The molecule has 1 amide bonds. The molecule has 8 nitrogen and oxygen atoms in total. The zero-order valence-corrected chi connectivity index (χ0v) is 24.2. The van der Waals surface area contributed by atoms with Crippen LogP contribution in [-0.2, 0) is 4.79 Å². The number of anilines is 1. The van der Waals surface area contributed by atoms with Gasteiger partial charge >= 0.3 is 0 Å². The number of fused-ring (bicyclic) bond motifs is 1. The minimum Gasteiger partial charge on any atom is -0.493 e. The van der Waals surface area contributed by atoms with Crippen LogP contribution >= 0.6 is 31.9 Å². The molecule has 38 heavy (non-hydrogen) atoms. The molecule has 0 aliphatic rings. The summed E-state index contributed by atoms with van der Waals surface area (Å²) in [4.78, 5) is 30.4. The van der Waals surface area contributed by atoms with E-state index < -0.39 is 0 Å². The van der Waals surface area contributed by atoms with Gasteiger partial charge < -0.3 is 14.8 Å². The molecular formula is C28H26Br2N4O4. The van der Waals surface area contributed by atoms with Gasteiger partial charge in [-0.3, -0.25) is 9.59 Å². The smallest absolute Gasteiger partial charge is 0.282 e. The fourth-order valence-electron chi connectivity index (χ4n) is 3.71. The summed E-state index contributed by atoms with van der Waals surface area (Å²) in [6.07, 6.45) is 2.37. The van der Waals surface area contributed by atoms with Crippen LogP contribution in [0.4, 0.5) is 5.69 Å². The van der Waals surface area contributed by atoms with Crippen LogP contribution in [0.5, 0.6) is 11.5 Å². The number of hydrogen-bond donors (Lipinski definition) is 1. The second-order valence-electron chi connectivity index (χ2n) is 8.54. The van der Waals surface area contributed by atoms with E-state index >= 15 is 0 Å². The maximum atomic E-state index is 13.4. The van der Waals surface area contributed by atoms with E-state index in [0.29, 0.717) is 43.9 Å². The molecule has 0 bridgehead atoms. The maximum absolute atomic E-state index is 13.4.